The first-order valence-electron chi connectivity index (χ1n) is 5.43. The standard InChI is InChI=1S/C10H22N2O3S/c1-15-7-3-6-12-10(13)9-11-5-4-8-16(2)14/h11H,3-9H2,1-2H3,(H,12,13). The molecule has 1 atom stereocenters. The van der Waals surface area contributed by atoms with Crippen LogP contribution in [0.5, 0.6) is 0 Å². The van der Waals surface area contributed by atoms with Crippen molar-refractivity contribution in [1.82, 2.24) is 10.6 Å². The number of hydrogen-bond acceptors (Lipinski definition) is 4. The lowest BCUT2D eigenvalue weighted by Crippen LogP contribution is -2.35. The molecule has 0 saturated carbocycles. The normalized spacial score (nSPS) is 12.4. The van der Waals surface area contributed by atoms with Gasteiger partial charge < -0.3 is 15.4 Å². The minimum absolute atomic E-state index is 0.00581. The molecule has 0 rings (SSSR count). The second-order valence-corrected chi connectivity index (χ2v) is 5.06. The molecule has 0 fully saturated rings. The lowest BCUT2D eigenvalue weighted by molar-refractivity contribution is -0.120. The van der Waals surface area contributed by atoms with Gasteiger partial charge in [0, 0.05) is 43.1 Å². The van der Waals surface area contributed by atoms with E-state index in [4.69, 9.17) is 4.74 Å². The van der Waals surface area contributed by atoms with E-state index in [-0.39, 0.29) is 5.91 Å². The van der Waals surface area contributed by atoms with E-state index in [0.717, 1.165) is 19.4 Å². The molecule has 0 radical (unpaired) electrons. The van der Waals surface area contributed by atoms with Crippen LogP contribution in [0.15, 0.2) is 0 Å². The SMILES string of the molecule is COCCCNC(=O)CNCCCS(C)=O. The van der Waals surface area contributed by atoms with Crippen LogP contribution in [0.2, 0.25) is 0 Å². The quantitative estimate of drug-likeness (QED) is 0.513. The van der Waals surface area contributed by atoms with Gasteiger partial charge in [0.25, 0.3) is 0 Å². The molecule has 1 amide bonds. The van der Waals surface area contributed by atoms with Crippen molar-refractivity contribution in [2.75, 3.05) is 45.4 Å². The number of nitrogens with one attached hydrogen (secondary N) is 2. The molecular weight excluding hydrogens is 228 g/mol. The van der Waals surface area contributed by atoms with Crippen molar-refractivity contribution in [2.45, 2.75) is 12.8 Å². The van der Waals surface area contributed by atoms with Gasteiger partial charge in [0.2, 0.25) is 5.91 Å². The van der Waals surface area contributed by atoms with Gasteiger partial charge in [0.05, 0.1) is 6.54 Å². The molecule has 0 bridgehead atoms. The summed E-state index contributed by atoms with van der Waals surface area (Å²) in [6, 6.07) is 0. The highest BCUT2D eigenvalue weighted by atomic mass is 32.2. The van der Waals surface area contributed by atoms with Crippen LogP contribution < -0.4 is 10.6 Å². The van der Waals surface area contributed by atoms with E-state index >= 15 is 0 Å². The first-order valence-corrected chi connectivity index (χ1v) is 7.16. The topological polar surface area (TPSA) is 67.4 Å². The Kier molecular flexibility index (Phi) is 10.7. The molecule has 0 aromatic rings. The molecule has 0 spiro atoms. The summed E-state index contributed by atoms with van der Waals surface area (Å²) in [5.41, 5.74) is 0. The van der Waals surface area contributed by atoms with Gasteiger partial charge in [-0.05, 0) is 19.4 Å². The van der Waals surface area contributed by atoms with E-state index in [1.54, 1.807) is 13.4 Å². The third kappa shape index (κ3) is 11.6. The number of ether oxygens (including phenoxy) is 1. The fourth-order valence-corrected chi connectivity index (χ4v) is 1.66. The van der Waals surface area contributed by atoms with Crippen LogP contribution in [0.4, 0.5) is 0 Å². The zero-order valence-electron chi connectivity index (χ0n) is 10.1. The molecule has 0 aliphatic carbocycles. The number of amides is 1. The molecule has 6 heteroatoms. The Morgan fingerprint density at radius 1 is 1.31 bits per heavy atom. The highest BCUT2D eigenvalue weighted by Gasteiger charge is 1.99. The van der Waals surface area contributed by atoms with Crippen molar-refractivity contribution >= 4 is 16.7 Å². The van der Waals surface area contributed by atoms with E-state index in [9.17, 15) is 9.00 Å². The lowest BCUT2D eigenvalue weighted by Gasteiger charge is -2.06. The highest BCUT2D eigenvalue weighted by molar-refractivity contribution is 7.84. The van der Waals surface area contributed by atoms with Gasteiger partial charge in [-0.3, -0.25) is 9.00 Å². The van der Waals surface area contributed by atoms with Crippen LogP contribution in [-0.4, -0.2) is 55.5 Å². The maximum atomic E-state index is 11.2. The predicted octanol–water partition coefficient (Wildman–Crippen LogP) is -0.503. The summed E-state index contributed by atoms with van der Waals surface area (Å²) in [5, 5.41) is 5.78. The smallest absolute Gasteiger partial charge is 0.233 e. The Morgan fingerprint density at radius 3 is 2.69 bits per heavy atom. The minimum Gasteiger partial charge on any atom is -0.385 e. The second kappa shape index (κ2) is 11.0. The third-order valence-electron chi connectivity index (χ3n) is 1.92. The van der Waals surface area contributed by atoms with Crippen molar-refractivity contribution in [3.8, 4) is 0 Å². The number of rotatable bonds is 10. The fraction of sp³-hybridized carbons (Fsp3) is 0.900. The summed E-state index contributed by atoms with van der Waals surface area (Å²) in [5.74, 6) is 0.677. The molecule has 0 heterocycles. The molecule has 0 saturated heterocycles. The van der Waals surface area contributed by atoms with Gasteiger partial charge in [-0.15, -0.1) is 0 Å². The Balaban J connectivity index is 3.20. The maximum absolute atomic E-state index is 11.2. The molecule has 1 unspecified atom stereocenters. The van der Waals surface area contributed by atoms with Gasteiger partial charge in [0.1, 0.15) is 0 Å². The van der Waals surface area contributed by atoms with Crippen molar-refractivity contribution in [3.63, 3.8) is 0 Å². The first-order chi connectivity index (χ1) is 7.66. The summed E-state index contributed by atoms with van der Waals surface area (Å²) in [6.45, 7) is 2.36. The van der Waals surface area contributed by atoms with E-state index in [1.165, 1.54) is 0 Å². The molecule has 2 N–H and O–H groups in total. The summed E-state index contributed by atoms with van der Waals surface area (Å²) >= 11 is 0. The summed E-state index contributed by atoms with van der Waals surface area (Å²) in [6.07, 6.45) is 3.35. The van der Waals surface area contributed by atoms with Crippen LogP contribution in [0.3, 0.4) is 0 Å². The van der Waals surface area contributed by atoms with Crippen molar-refractivity contribution in [3.05, 3.63) is 0 Å². The van der Waals surface area contributed by atoms with E-state index in [1.807, 2.05) is 0 Å². The largest absolute Gasteiger partial charge is 0.385 e. The van der Waals surface area contributed by atoms with E-state index in [0.29, 0.717) is 25.4 Å². The molecule has 16 heavy (non-hydrogen) atoms. The lowest BCUT2D eigenvalue weighted by atomic mass is 10.4. The van der Waals surface area contributed by atoms with E-state index in [2.05, 4.69) is 10.6 Å². The number of methoxy groups -OCH3 is 1. The van der Waals surface area contributed by atoms with Gasteiger partial charge in [0.15, 0.2) is 0 Å². The van der Waals surface area contributed by atoms with Gasteiger partial charge >= 0.3 is 0 Å². The first kappa shape index (κ1) is 15.5. The van der Waals surface area contributed by atoms with Crippen LogP contribution in [0.25, 0.3) is 0 Å². The van der Waals surface area contributed by atoms with Crippen LogP contribution in [-0.2, 0) is 20.3 Å². The average molecular weight is 250 g/mol. The van der Waals surface area contributed by atoms with Crippen molar-refractivity contribution in [1.29, 1.82) is 0 Å². The summed E-state index contributed by atoms with van der Waals surface area (Å²) < 4.78 is 15.6. The zero-order chi connectivity index (χ0) is 12.2. The Hall–Kier alpha value is -0.460. The predicted molar refractivity (Wildman–Crippen MR) is 65.9 cm³/mol. The number of carbonyl (C=O) groups is 1. The molecular formula is C10H22N2O3S. The number of hydrogen-bond donors (Lipinski definition) is 2. The van der Waals surface area contributed by atoms with Gasteiger partial charge in [-0.1, -0.05) is 0 Å². The minimum atomic E-state index is -0.741. The van der Waals surface area contributed by atoms with Crippen LogP contribution >= 0.6 is 0 Å². The molecule has 0 aromatic carbocycles. The third-order valence-corrected chi connectivity index (χ3v) is 2.78. The number of carbonyl (C=O) groups excluding carboxylic acids is 1. The molecule has 0 aliphatic heterocycles. The van der Waals surface area contributed by atoms with E-state index < -0.39 is 10.8 Å². The molecule has 0 aliphatic rings. The zero-order valence-corrected chi connectivity index (χ0v) is 10.9. The Bertz CT molecular complexity index is 212. The van der Waals surface area contributed by atoms with Crippen molar-refractivity contribution < 1.29 is 13.7 Å². The van der Waals surface area contributed by atoms with Crippen LogP contribution in [0, 0.1) is 0 Å². The Labute approximate surface area is 99.8 Å². The molecule has 5 nitrogen and oxygen atoms in total. The van der Waals surface area contributed by atoms with Crippen molar-refractivity contribution in [2.24, 2.45) is 0 Å². The average Bonchev–Trinajstić information content (AvgIpc) is 2.23. The van der Waals surface area contributed by atoms with Gasteiger partial charge in [-0.25, -0.2) is 0 Å². The monoisotopic (exact) mass is 250 g/mol. The second-order valence-electron chi connectivity index (χ2n) is 3.50. The van der Waals surface area contributed by atoms with Crippen LogP contribution in [0.1, 0.15) is 12.8 Å². The molecule has 96 valence electrons. The molecule has 0 aromatic heterocycles. The highest BCUT2D eigenvalue weighted by Crippen LogP contribution is 1.81. The maximum Gasteiger partial charge on any atom is 0.233 e. The Morgan fingerprint density at radius 2 is 2.06 bits per heavy atom. The summed E-state index contributed by atoms with van der Waals surface area (Å²) in [7, 11) is 0.899. The fourth-order valence-electron chi connectivity index (χ4n) is 1.11. The van der Waals surface area contributed by atoms with Gasteiger partial charge in [-0.2, -0.15) is 0 Å². The summed E-state index contributed by atoms with van der Waals surface area (Å²) in [4.78, 5) is 11.2.